The molecule has 0 saturated carbocycles. The minimum absolute atomic E-state index is 0.0275. The van der Waals surface area contributed by atoms with Crippen molar-refractivity contribution in [1.82, 2.24) is 15.5 Å². The molecule has 2 rings (SSSR count). The number of carbonyl (C=O) groups is 1. The first-order valence-electron chi connectivity index (χ1n) is 6.41. The summed E-state index contributed by atoms with van der Waals surface area (Å²) in [6.07, 6.45) is 4.56. The quantitative estimate of drug-likeness (QED) is 0.874. The summed E-state index contributed by atoms with van der Waals surface area (Å²) in [6.45, 7) is 1.86. The molecule has 0 aliphatic heterocycles. The van der Waals surface area contributed by atoms with E-state index in [4.69, 9.17) is 0 Å². The fourth-order valence-electron chi connectivity index (χ4n) is 1.92. The number of aromatic nitrogens is 2. The topological polar surface area (TPSA) is 91.9 Å². The second-order valence-electron chi connectivity index (χ2n) is 4.99. The van der Waals surface area contributed by atoms with Gasteiger partial charge in [0.2, 0.25) is 0 Å². The van der Waals surface area contributed by atoms with E-state index in [1.807, 2.05) is 6.92 Å². The smallest absolute Gasteiger partial charge is 0.251 e. The predicted octanol–water partition coefficient (Wildman–Crippen LogP) is 1.45. The molecule has 0 radical (unpaired) electrons. The first kappa shape index (κ1) is 15.2. The van der Waals surface area contributed by atoms with Gasteiger partial charge in [-0.3, -0.25) is 9.89 Å². The van der Waals surface area contributed by atoms with Gasteiger partial charge in [-0.15, -0.1) is 0 Å². The second-order valence-corrected chi connectivity index (χ2v) is 7.13. The fourth-order valence-corrected chi connectivity index (χ4v) is 2.71. The Morgan fingerprint density at radius 1 is 1.33 bits per heavy atom. The minimum atomic E-state index is -3.07. The molecule has 0 aliphatic rings. The molecule has 1 aromatic carbocycles. The molecule has 7 heteroatoms. The molecule has 0 spiro atoms. The Hall–Kier alpha value is -2.15. The van der Waals surface area contributed by atoms with Crippen molar-refractivity contribution in [3.05, 3.63) is 53.3 Å². The molecule has 0 bridgehead atoms. The van der Waals surface area contributed by atoms with Crippen LogP contribution in [0.2, 0.25) is 0 Å². The Bertz CT molecular complexity index is 706. The van der Waals surface area contributed by atoms with Crippen LogP contribution in [0.1, 0.15) is 34.5 Å². The second kappa shape index (κ2) is 6.09. The fraction of sp³-hybridized carbons (Fsp3) is 0.286. The summed E-state index contributed by atoms with van der Waals surface area (Å²) in [5, 5.41) is 9.38. The van der Waals surface area contributed by atoms with Gasteiger partial charge in [0.25, 0.3) is 5.91 Å². The van der Waals surface area contributed by atoms with Crippen molar-refractivity contribution in [2.24, 2.45) is 0 Å². The lowest BCUT2D eigenvalue weighted by Crippen LogP contribution is -2.26. The highest BCUT2D eigenvalue weighted by molar-refractivity contribution is 7.89. The van der Waals surface area contributed by atoms with Crippen LogP contribution >= 0.6 is 0 Å². The van der Waals surface area contributed by atoms with E-state index in [2.05, 4.69) is 15.5 Å². The zero-order valence-corrected chi connectivity index (χ0v) is 12.6. The normalized spacial score (nSPS) is 12.9. The Labute approximate surface area is 123 Å². The van der Waals surface area contributed by atoms with E-state index < -0.39 is 9.84 Å². The van der Waals surface area contributed by atoms with Gasteiger partial charge in [0, 0.05) is 23.6 Å². The highest BCUT2D eigenvalue weighted by atomic mass is 32.2. The van der Waals surface area contributed by atoms with Crippen LogP contribution in [0.5, 0.6) is 0 Å². The van der Waals surface area contributed by atoms with Crippen molar-refractivity contribution < 1.29 is 13.2 Å². The average molecular weight is 307 g/mol. The van der Waals surface area contributed by atoms with Crippen molar-refractivity contribution in [2.45, 2.75) is 18.7 Å². The van der Waals surface area contributed by atoms with Gasteiger partial charge in [-0.05, 0) is 24.6 Å². The maximum absolute atomic E-state index is 12.1. The van der Waals surface area contributed by atoms with Crippen LogP contribution < -0.4 is 5.32 Å². The maximum atomic E-state index is 12.1. The lowest BCUT2D eigenvalue weighted by molar-refractivity contribution is 0.0940. The summed E-state index contributed by atoms with van der Waals surface area (Å²) < 4.78 is 22.4. The molecule has 112 valence electrons. The van der Waals surface area contributed by atoms with Crippen LogP contribution in [0.4, 0.5) is 0 Å². The van der Waals surface area contributed by atoms with E-state index in [-0.39, 0.29) is 17.7 Å². The Balaban J connectivity index is 2.03. The first-order chi connectivity index (χ1) is 9.85. The van der Waals surface area contributed by atoms with E-state index in [1.54, 1.807) is 36.7 Å². The molecular formula is C14H17N3O3S. The molecule has 21 heavy (non-hydrogen) atoms. The summed E-state index contributed by atoms with van der Waals surface area (Å²) >= 11 is 0. The lowest BCUT2D eigenvalue weighted by atomic mass is 10.1. The van der Waals surface area contributed by atoms with Gasteiger partial charge in [0.1, 0.15) is 0 Å². The van der Waals surface area contributed by atoms with Crippen LogP contribution in [0.25, 0.3) is 0 Å². The van der Waals surface area contributed by atoms with Crippen molar-refractivity contribution >= 4 is 15.7 Å². The molecule has 2 N–H and O–H groups in total. The third kappa shape index (κ3) is 4.42. The third-order valence-corrected chi connectivity index (χ3v) is 3.87. The van der Waals surface area contributed by atoms with Gasteiger partial charge in [-0.25, -0.2) is 8.42 Å². The van der Waals surface area contributed by atoms with Crippen LogP contribution in [0.15, 0.2) is 36.7 Å². The van der Waals surface area contributed by atoms with Crippen LogP contribution in [0.3, 0.4) is 0 Å². The Morgan fingerprint density at radius 3 is 2.52 bits per heavy atom. The standard InChI is InChI=1S/C14H17N3O3S/c1-10(13-7-15-16-8-13)17-14(18)12-5-3-11(4-6-12)9-21(2,19)20/h3-8,10H,9H2,1-2H3,(H,15,16)(H,17,18). The summed E-state index contributed by atoms with van der Waals surface area (Å²) in [7, 11) is -3.07. The first-order valence-corrected chi connectivity index (χ1v) is 8.47. The highest BCUT2D eigenvalue weighted by Crippen LogP contribution is 2.12. The zero-order chi connectivity index (χ0) is 15.5. The molecule has 1 amide bonds. The third-order valence-electron chi connectivity index (χ3n) is 3.01. The summed E-state index contributed by atoms with van der Waals surface area (Å²) in [4.78, 5) is 12.1. The molecule has 6 nitrogen and oxygen atoms in total. The van der Waals surface area contributed by atoms with E-state index >= 15 is 0 Å². The number of hydrogen-bond acceptors (Lipinski definition) is 4. The van der Waals surface area contributed by atoms with Gasteiger partial charge in [0.15, 0.2) is 9.84 Å². The molecule has 1 aromatic heterocycles. The van der Waals surface area contributed by atoms with Gasteiger partial charge in [-0.2, -0.15) is 5.10 Å². The number of nitrogens with one attached hydrogen (secondary N) is 2. The van der Waals surface area contributed by atoms with Crippen molar-refractivity contribution in [3.8, 4) is 0 Å². The van der Waals surface area contributed by atoms with Crippen molar-refractivity contribution in [2.75, 3.05) is 6.26 Å². The monoisotopic (exact) mass is 307 g/mol. The van der Waals surface area contributed by atoms with Crippen molar-refractivity contribution in [3.63, 3.8) is 0 Å². The number of rotatable bonds is 5. The zero-order valence-electron chi connectivity index (χ0n) is 11.8. The number of carbonyl (C=O) groups excluding carboxylic acids is 1. The van der Waals surface area contributed by atoms with E-state index in [0.717, 1.165) is 5.56 Å². The maximum Gasteiger partial charge on any atom is 0.251 e. The molecule has 2 aromatic rings. The summed E-state index contributed by atoms with van der Waals surface area (Å²) in [5.41, 5.74) is 2.04. The van der Waals surface area contributed by atoms with Crippen molar-refractivity contribution in [1.29, 1.82) is 0 Å². The molecule has 0 aliphatic carbocycles. The molecule has 1 atom stereocenters. The van der Waals surface area contributed by atoms with Crippen LogP contribution in [-0.2, 0) is 15.6 Å². The van der Waals surface area contributed by atoms with E-state index in [9.17, 15) is 13.2 Å². The van der Waals surface area contributed by atoms with Gasteiger partial charge >= 0.3 is 0 Å². The summed E-state index contributed by atoms with van der Waals surface area (Å²) in [5.74, 6) is -0.241. The number of aromatic amines is 1. The number of sulfone groups is 1. The molecular weight excluding hydrogens is 290 g/mol. The lowest BCUT2D eigenvalue weighted by Gasteiger charge is -2.12. The van der Waals surface area contributed by atoms with Gasteiger partial charge in [0.05, 0.1) is 18.0 Å². The number of nitrogens with zero attached hydrogens (tertiary/aromatic N) is 1. The number of hydrogen-bond donors (Lipinski definition) is 2. The van der Waals surface area contributed by atoms with E-state index in [1.165, 1.54) is 6.26 Å². The molecule has 1 heterocycles. The van der Waals surface area contributed by atoms with Crippen LogP contribution in [-0.4, -0.2) is 30.8 Å². The number of H-pyrrole nitrogens is 1. The Morgan fingerprint density at radius 2 is 2.00 bits per heavy atom. The van der Waals surface area contributed by atoms with E-state index in [0.29, 0.717) is 11.1 Å². The molecule has 0 fully saturated rings. The predicted molar refractivity (Wildman–Crippen MR) is 79.5 cm³/mol. The average Bonchev–Trinajstić information content (AvgIpc) is 2.91. The molecule has 0 saturated heterocycles. The van der Waals surface area contributed by atoms with Crippen LogP contribution in [0, 0.1) is 0 Å². The number of benzene rings is 1. The molecule has 1 unspecified atom stereocenters. The van der Waals surface area contributed by atoms with Gasteiger partial charge < -0.3 is 5.32 Å². The Kier molecular flexibility index (Phi) is 4.42. The highest BCUT2D eigenvalue weighted by Gasteiger charge is 2.12. The largest absolute Gasteiger partial charge is 0.345 e. The minimum Gasteiger partial charge on any atom is -0.345 e. The summed E-state index contributed by atoms with van der Waals surface area (Å²) in [6, 6.07) is 6.39. The SMILES string of the molecule is CC(NC(=O)c1ccc(CS(C)(=O)=O)cc1)c1cn[nH]c1. The van der Waals surface area contributed by atoms with Gasteiger partial charge in [-0.1, -0.05) is 12.1 Å². The number of amides is 1.